The molecule has 2 aliphatic heterocycles. The number of amides is 5. The molecule has 0 saturated carbocycles. The number of aromatic nitrogens is 3. The fraction of sp³-hybridized carbons (Fsp3) is 0.469. The van der Waals surface area contributed by atoms with Crippen molar-refractivity contribution in [2.24, 2.45) is 0 Å². The van der Waals surface area contributed by atoms with Crippen LogP contribution in [0.4, 0.5) is 19.8 Å². The summed E-state index contributed by atoms with van der Waals surface area (Å²) in [6.07, 6.45) is 0.816. The van der Waals surface area contributed by atoms with E-state index in [0.717, 1.165) is 10.1 Å². The molecule has 16 heteroatoms. The van der Waals surface area contributed by atoms with E-state index >= 15 is 0 Å². The lowest BCUT2D eigenvalue weighted by Crippen LogP contribution is -2.60. The zero-order chi connectivity index (χ0) is 35.0. The maximum absolute atomic E-state index is 14.1. The largest absolute Gasteiger partial charge is 0.444 e. The van der Waals surface area contributed by atoms with E-state index in [9.17, 15) is 28.4 Å². The topological polar surface area (TPSA) is 150 Å². The molecule has 48 heavy (non-hydrogen) atoms. The standard InChI is InChI=1S/C32H38ClFN8O6/c1-31(2,3)48-30(47)38(5)10-11-39-12-13-41(29(39)46)24-16-35-26-23(37-24)14-22(27(44)36-15-20-6-8-21(33)9-7-20)28(45)42(26)17-25(43)40-18-32(4,34)19-40/h6-9,14,16H,10-13,15,17-19H2,1-5H3,(H,36,44). The Labute approximate surface area is 281 Å². The Morgan fingerprint density at radius 1 is 1.12 bits per heavy atom. The highest BCUT2D eigenvalue weighted by Crippen LogP contribution is 2.25. The van der Waals surface area contributed by atoms with Gasteiger partial charge < -0.3 is 24.8 Å². The summed E-state index contributed by atoms with van der Waals surface area (Å²) in [6.45, 7) is 7.21. The fourth-order valence-electron chi connectivity index (χ4n) is 5.32. The van der Waals surface area contributed by atoms with E-state index < -0.39 is 41.3 Å². The first kappa shape index (κ1) is 34.5. The van der Waals surface area contributed by atoms with Crippen LogP contribution in [0.15, 0.2) is 41.3 Å². The maximum atomic E-state index is 14.1. The molecule has 0 aliphatic carbocycles. The smallest absolute Gasteiger partial charge is 0.410 e. The number of nitrogens with one attached hydrogen (secondary N) is 1. The predicted octanol–water partition coefficient (Wildman–Crippen LogP) is 3.05. The first-order valence-electron chi connectivity index (χ1n) is 15.4. The first-order chi connectivity index (χ1) is 22.5. The van der Waals surface area contributed by atoms with Gasteiger partial charge in [-0.25, -0.2) is 23.9 Å². The Balaban J connectivity index is 1.38. The van der Waals surface area contributed by atoms with Gasteiger partial charge in [-0.15, -0.1) is 0 Å². The van der Waals surface area contributed by atoms with E-state index in [-0.39, 0.29) is 67.8 Å². The number of rotatable bonds is 9. The van der Waals surface area contributed by atoms with Gasteiger partial charge in [0.05, 0.1) is 19.3 Å². The number of urea groups is 1. The van der Waals surface area contributed by atoms with E-state index in [1.807, 2.05) is 0 Å². The van der Waals surface area contributed by atoms with Crippen molar-refractivity contribution in [2.45, 2.75) is 52.1 Å². The van der Waals surface area contributed by atoms with Crippen LogP contribution in [0, 0.1) is 0 Å². The minimum absolute atomic E-state index is 0.0253. The number of fused-ring (bicyclic) bond motifs is 1. The molecule has 2 fully saturated rings. The number of likely N-dealkylation sites (tertiary alicyclic amines) is 1. The molecule has 0 radical (unpaired) electrons. The molecular weight excluding hydrogens is 647 g/mol. The van der Waals surface area contributed by atoms with Crippen LogP contribution in [-0.4, -0.2) is 111 Å². The number of hydrogen-bond donors (Lipinski definition) is 1. The van der Waals surface area contributed by atoms with Crippen molar-refractivity contribution in [1.82, 2.24) is 34.6 Å². The molecule has 256 valence electrons. The van der Waals surface area contributed by atoms with Gasteiger partial charge in [0.2, 0.25) is 5.91 Å². The zero-order valence-corrected chi connectivity index (χ0v) is 28.2. The number of alkyl halides is 1. The molecule has 0 spiro atoms. The summed E-state index contributed by atoms with van der Waals surface area (Å²) in [6, 6.07) is 7.73. The lowest BCUT2D eigenvalue weighted by molar-refractivity contribution is -0.144. The third-order valence-corrected chi connectivity index (χ3v) is 8.11. The number of anilines is 1. The first-order valence-corrected chi connectivity index (χ1v) is 15.8. The van der Waals surface area contributed by atoms with Gasteiger partial charge in [-0.1, -0.05) is 23.7 Å². The lowest BCUT2D eigenvalue weighted by atomic mass is 9.99. The summed E-state index contributed by atoms with van der Waals surface area (Å²) in [5.74, 6) is -1.04. The van der Waals surface area contributed by atoms with Crippen molar-refractivity contribution in [3.05, 3.63) is 63.0 Å². The van der Waals surface area contributed by atoms with Crippen molar-refractivity contribution < 1.29 is 28.3 Å². The summed E-state index contributed by atoms with van der Waals surface area (Å²) in [4.78, 5) is 80.3. The highest BCUT2D eigenvalue weighted by atomic mass is 35.5. The van der Waals surface area contributed by atoms with Crippen molar-refractivity contribution in [3.63, 3.8) is 0 Å². The van der Waals surface area contributed by atoms with Crippen LogP contribution in [-0.2, 0) is 22.6 Å². The molecule has 0 unspecified atom stereocenters. The molecule has 2 aliphatic rings. The van der Waals surface area contributed by atoms with Crippen LogP contribution < -0.4 is 15.8 Å². The Bertz CT molecular complexity index is 1800. The van der Waals surface area contributed by atoms with Crippen LogP contribution in [0.25, 0.3) is 11.2 Å². The molecule has 1 N–H and O–H groups in total. The average molecular weight is 685 g/mol. The van der Waals surface area contributed by atoms with Gasteiger partial charge in [-0.3, -0.25) is 23.9 Å². The van der Waals surface area contributed by atoms with Gasteiger partial charge in [0.15, 0.2) is 11.5 Å². The quantitative estimate of drug-likeness (QED) is 0.362. The van der Waals surface area contributed by atoms with Crippen LogP contribution in [0.5, 0.6) is 0 Å². The molecule has 0 atom stereocenters. The number of benzene rings is 1. The second-order valence-electron chi connectivity index (χ2n) is 13.2. The summed E-state index contributed by atoms with van der Waals surface area (Å²) < 4.78 is 20.6. The molecule has 0 bridgehead atoms. The van der Waals surface area contributed by atoms with Crippen molar-refractivity contribution in [1.29, 1.82) is 0 Å². The number of pyridine rings is 1. The molecule has 1 aromatic carbocycles. The second kappa shape index (κ2) is 13.4. The highest BCUT2D eigenvalue weighted by Gasteiger charge is 2.41. The Hall–Kier alpha value is -4.79. The SMILES string of the molecule is CN(CCN1CCN(c2cnc3c(cc(C(=O)NCc4ccc(Cl)cc4)c(=O)n3CC(=O)N3CC(C)(F)C3)n2)C1=O)C(=O)OC(C)(C)C. The van der Waals surface area contributed by atoms with Crippen molar-refractivity contribution in [2.75, 3.05) is 51.2 Å². The van der Waals surface area contributed by atoms with Crippen LogP contribution >= 0.6 is 11.6 Å². The third-order valence-electron chi connectivity index (χ3n) is 7.86. The Morgan fingerprint density at radius 3 is 2.46 bits per heavy atom. The van der Waals surface area contributed by atoms with E-state index in [1.54, 1.807) is 57.0 Å². The number of carbonyl (C=O) groups is 4. The van der Waals surface area contributed by atoms with Crippen molar-refractivity contribution in [3.8, 4) is 0 Å². The van der Waals surface area contributed by atoms with Gasteiger partial charge in [-0.2, -0.15) is 0 Å². The fourth-order valence-corrected chi connectivity index (χ4v) is 5.44. The lowest BCUT2D eigenvalue weighted by Gasteiger charge is -2.42. The zero-order valence-electron chi connectivity index (χ0n) is 27.5. The Morgan fingerprint density at radius 2 is 1.81 bits per heavy atom. The molecule has 2 aromatic heterocycles. The maximum Gasteiger partial charge on any atom is 0.410 e. The molecule has 14 nitrogen and oxygen atoms in total. The summed E-state index contributed by atoms with van der Waals surface area (Å²) in [7, 11) is 1.59. The number of halogens is 2. The van der Waals surface area contributed by atoms with Crippen molar-refractivity contribution >= 4 is 52.5 Å². The van der Waals surface area contributed by atoms with E-state index in [0.29, 0.717) is 11.6 Å². The molecule has 2 saturated heterocycles. The summed E-state index contributed by atoms with van der Waals surface area (Å²) in [5, 5.41) is 3.24. The van der Waals surface area contributed by atoms with Gasteiger partial charge in [-0.05, 0) is 51.5 Å². The number of likely N-dealkylation sites (N-methyl/N-ethyl adjacent to an activating group) is 1. The van der Waals surface area contributed by atoms with Crippen LogP contribution in [0.2, 0.25) is 5.02 Å². The summed E-state index contributed by atoms with van der Waals surface area (Å²) >= 11 is 5.95. The second-order valence-corrected chi connectivity index (χ2v) is 13.6. The number of hydrogen-bond acceptors (Lipinski definition) is 8. The number of nitrogens with zero attached hydrogens (tertiary/aromatic N) is 7. The number of carbonyl (C=O) groups excluding carboxylic acids is 4. The molecule has 3 aromatic rings. The van der Waals surface area contributed by atoms with Gasteiger partial charge in [0, 0.05) is 44.8 Å². The normalized spacial score (nSPS) is 15.8. The molecule has 5 amide bonds. The summed E-state index contributed by atoms with van der Waals surface area (Å²) in [5.41, 5.74) is -2.35. The van der Waals surface area contributed by atoms with Crippen LogP contribution in [0.3, 0.4) is 0 Å². The Kier molecular flexibility index (Phi) is 9.62. The predicted molar refractivity (Wildman–Crippen MR) is 176 cm³/mol. The van der Waals surface area contributed by atoms with Crippen LogP contribution in [0.1, 0.15) is 43.6 Å². The van der Waals surface area contributed by atoms with Gasteiger partial charge >= 0.3 is 12.1 Å². The molecule has 5 rings (SSSR count). The monoisotopic (exact) mass is 684 g/mol. The van der Waals surface area contributed by atoms with E-state index in [2.05, 4.69) is 15.3 Å². The average Bonchev–Trinajstić information content (AvgIpc) is 3.37. The van der Waals surface area contributed by atoms with Gasteiger partial charge in [0.1, 0.15) is 28.9 Å². The molecular formula is C32H38ClFN8O6. The minimum atomic E-state index is -1.51. The number of ether oxygens (including phenoxy) is 1. The van der Waals surface area contributed by atoms with E-state index in [1.165, 1.54) is 33.9 Å². The minimum Gasteiger partial charge on any atom is -0.444 e. The van der Waals surface area contributed by atoms with Gasteiger partial charge in [0.25, 0.3) is 11.5 Å². The third kappa shape index (κ3) is 7.84. The van der Waals surface area contributed by atoms with E-state index in [4.69, 9.17) is 16.3 Å². The highest BCUT2D eigenvalue weighted by molar-refractivity contribution is 6.30. The molecule has 4 heterocycles.